The van der Waals surface area contributed by atoms with Gasteiger partial charge in [-0.2, -0.15) is 8.42 Å². The van der Waals surface area contributed by atoms with E-state index in [2.05, 4.69) is 88.5 Å². The molecule has 0 aliphatic carbocycles. The van der Waals surface area contributed by atoms with Gasteiger partial charge in [0.05, 0.1) is 135 Å². The number of allylic oxidation sites excluding steroid dienone is 2. The number of oxazole rings is 5. The first kappa shape index (κ1) is 81.2. The second kappa shape index (κ2) is 41.8. The Labute approximate surface area is 613 Å². The average molecular weight is 1630 g/mol. The zero-order valence-electron chi connectivity index (χ0n) is 54.4. The van der Waals surface area contributed by atoms with Crippen molar-refractivity contribution in [2.75, 3.05) is 34.5 Å². The SMILES string of the molecule is Brc1ccc(-c2cnco2)s1.C=C(C)OCC.C=C(OCC)c1ccc(-c2cnco2)s1.CC(=O)C1=NS(=O)(=O)NC(c2ccc(-c3cnco3)s2)=C1.CC(=O)c1ccc(-c2cnco2)s1.COC(=O)C(=O)CC(=O)c1ccc(-c2cnco2)s1.COC(=O)C(C)=O.COc1ccc(Br)s1. The van der Waals surface area contributed by atoms with Gasteiger partial charge in [-0.15, -0.1) is 61.1 Å². The van der Waals surface area contributed by atoms with E-state index in [1.54, 1.807) is 103 Å². The lowest BCUT2D eigenvalue weighted by Gasteiger charge is -2.12. The van der Waals surface area contributed by atoms with Gasteiger partial charge in [0.1, 0.15) is 11.5 Å². The molecular formula is C65H61Br2N7O19S7. The van der Waals surface area contributed by atoms with Crippen LogP contribution in [0, 0.1) is 0 Å². The summed E-state index contributed by atoms with van der Waals surface area (Å²) < 4.78 is 80.3. The molecule has 12 heterocycles. The van der Waals surface area contributed by atoms with Gasteiger partial charge in [-0.1, -0.05) is 24.5 Å². The van der Waals surface area contributed by atoms with E-state index in [0.29, 0.717) is 45.1 Å². The Bertz CT molecular complexity index is 4600. The van der Waals surface area contributed by atoms with Crippen molar-refractivity contribution in [3.05, 3.63) is 188 Å². The maximum atomic E-state index is 11.8. The van der Waals surface area contributed by atoms with Crippen molar-refractivity contribution < 1.29 is 87.7 Å². The molecule has 0 fully saturated rings. The molecule has 0 aromatic carbocycles. The third kappa shape index (κ3) is 27.3. The number of nitrogens with one attached hydrogen (secondary N) is 1. The molecule has 0 atom stereocenters. The number of carbonyl (C=O) groups is 7. The Hall–Kier alpha value is -9.46. The second-order valence-corrected chi connectivity index (χ2v) is 29.2. The summed E-state index contributed by atoms with van der Waals surface area (Å²) in [7, 11) is 0.0314. The summed E-state index contributed by atoms with van der Waals surface area (Å²) in [6.45, 7) is 18.4. The molecule has 1 N–H and O–H groups in total. The number of halogens is 2. The van der Waals surface area contributed by atoms with Crippen molar-refractivity contribution >= 4 is 168 Å². The van der Waals surface area contributed by atoms with E-state index in [4.69, 9.17) is 36.3 Å². The number of nitrogens with zero attached hydrogens (tertiary/aromatic N) is 6. The highest BCUT2D eigenvalue weighted by Gasteiger charge is 2.24. The predicted octanol–water partition coefficient (Wildman–Crippen LogP) is 16.3. The monoisotopic (exact) mass is 1630 g/mol. The molecule has 12 rings (SSSR count). The fraction of sp³-hybridized carbons (Fsp3) is 0.185. The minimum atomic E-state index is -3.90. The molecule has 100 heavy (non-hydrogen) atoms. The molecular weight excluding hydrogens is 1570 g/mol. The van der Waals surface area contributed by atoms with E-state index in [-0.39, 0.29) is 11.5 Å². The number of Topliss-reactive ketones (excluding diaryl/α,β-unsaturated/α-hetero) is 5. The van der Waals surface area contributed by atoms with Gasteiger partial charge in [0, 0.05) is 13.8 Å². The van der Waals surface area contributed by atoms with Crippen LogP contribution in [0.5, 0.6) is 5.06 Å². The number of hydrogen-bond donors (Lipinski definition) is 1. The maximum Gasteiger partial charge on any atom is 0.374 e. The maximum absolute atomic E-state index is 11.8. The number of aromatic nitrogens is 5. The van der Waals surface area contributed by atoms with Crippen LogP contribution in [0.15, 0.2) is 195 Å². The summed E-state index contributed by atoms with van der Waals surface area (Å²) in [5.74, 6) is 0.935. The van der Waals surface area contributed by atoms with Gasteiger partial charge in [0.15, 0.2) is 83.2 Å². The topological polar surface area (TPSA) is 354 Å². The van der Waals surface area contributed by atoms with Crippen molar-refractivity contribution in [3.8, 4) is 58.3 Å². The van der Waals surface area contributed by atoms with Gasteiger partial charge in [0.25, 0.3) is 0 Å². The van der Waals surface area contributed by atoms with Crippen LogP contribution in [-0.2, 0) is 53.1 Å². The van der Waals surface area contributed by atoms with Gasteiger partial charge in [-0.05, 0) is 138 Å². The van der Waals surface area contributed by atoms with Gasteiger partial charge in [0.2, 0.25) is 11.6 Å². The highest BCUT2D eigenvalue weighted by atomic mass is 79.9. The third-order valence-electron chi connectivity index (χ3n) is 11.3. The number of carbonyl (C=O) groups excluding carboxylic acids is 7. The predicted molar refractivity (Wildman–Crippen MR) is 389 cm³/mol. The lowest BCUT2D eigenvalue weighted by atomic mass is 10.2. The van der Waals surface area contributed by atoms with E-state index in [0.717, 1.165) is 84.7 Å². The number of thiophene rings is 6. The minimum absolute atomic E-state index is 0.0794. The fourth-order valence-corrected chi connectivity index (χ4v) is 13.9. The summed E-state index contributed by atoms with van der Waals surface area (Å²) >= 11 is 15.4. The first-order valence-corrected chi connectivity index (χ1v) is 36.3. The highest BCUT2D eigenvalue weighted by molar-refractivity contribution is 9.11. The van der Waals surface area contributed by atoms with Crippen molar-refractivity contribution in [2.24, 2.45) is 4.40 Å². The van der Waals surface area contributed by atoms with Crippen LogP contribution >= 0.6 is 99.9 Å². The van der Waals surface area contributed by atoms with Gasteiger partial charge in [-0.25, -0.2) is 34.5 Å². The van der Waals surface area contributed by atoms with Crippen LogP contribution < -0.4 is 9.46 Å². The highest BCUT2D eigenvalue weighted by Crippen LogP contribution is 2.35. The lowest BCUT2D eigenvalue weighted by Crippen LogP contribution is -2.27. The molecule has 11 aromatic heterocycles. The van der Waals surface area contributed by atoms with Crippen molar-refractivity contribution in [1.82, 2.24) is 29.6 Å². The first-order chi connectivity index (χ1) is 47.8. The van der Waals surface area contributed by atoms with Crippen molar-refractivity contribution in [3.63, 3.8) is 0 Å². The number of ketones is 5. The summed E-state index contributed by atoms with van der Waals surface area (Å²) in [6, 6.07) is 22.3. The number of esters is 2. The van der Waals surface area contributed by atoms with E-state index >= 15 is 0 Å². The van der Waals surface area contributed by atoms with Crippen LogP contribution in [0.1, 0.15) is 77.1 Å². The molecule has 0 saturated heterocycles. The Morgan fingerprint density at radius 2 is 0.910 bits per heavy atom. The number of methoxy groups -OCH3 is 3. The summed E-state index contributed by atoms with van der Waals surface area (Å²) in [5.41, 5.74) is 0.212. The second-order valence-electron chi connectivity index (χ2n) is 18.6. The summed E-state index contributed by atoms with van der Waals surface area (Å²) in [6.07, 6.45) is 15.9. The lowest BCUT2D eigenvalue weighted by molar-refractivity contribution is -0.151. The molecule has 1 aliphatic rings. The first-order valence-electron chi connectivity index (χ1n) is 28.4. The fourth-order valence-electron chi connectivity index (χ4n) is 6.88. The molecule has 26 nitrogen and oxygen atoms in total. The molecule has 0 spiro atoms. The largest absolute Gasteiger partial charge is 0.499 e. The van der Waals surface area contributed by atoms with Gasteiger partial charge in [-0.3, -0.25) is 28.7 Å². The minimum Gasteiger partial charge on any atom is -0.499 e. The Kier molecular flexibility index (Phi) is 34.0. The number of rotatable bonds is 19. The van der Waals surface area contributed by atoms with E-state index < -0.39 is 51.7 Å². The van der Waals surface area contributed by atoms with E-state index in [9.17, 15) is 42.0 Å². The molecule has 0 radical (unpaired) electrons. The van der Waals surface area contributed by atoms with Crippen LogP contribution in [0.4, 0.5) is 0 Å². The Morgan fingerprint density at radius 3 is 1.26 bits per heavy atom. The van der Waals surface area contributed by atoms with Crippen LogP contribution in [0.3, 0.4) is 0 Å². The molecule has 0 saturated carbocycles. The molecule has 0 bridgehead atoms. The third-order valence-corrected chi connectivity index (χ3v) is 20.1. The van der Waals surface area contributed by atoms with Crippen molar-refractivity contribution in [2.45, 2.75) is 48.0 Å². The average Bonchev–Trinajstić information content (AvgIpc) is 1.30. The van der Waals surface area contributed by atoms with Crippen LogP contribution in [0.25, 0.3) is 64.6 Å². The molecule has 1 aliphatic heterocycles. The summed E-state index contributed by atoms with van der Waals surface area (Å²) in [5, 5.41) is 0.942. The van der Waals surface area contributed by atoms with Gasteiger partial charge >= 0.3 is 22.1 Å². The van der Waals surface area contributed by atoms with Crippen molar-refractivity contribution in [1.29, 1.82) is 0 Å². The van der Waals surface area contributed by atoms with Gasteiger partial charge < -0.3 is 45.8 Å². The van der Waals surface area contributed by atoms with Crippen LogP contribution in [0.2, 0.25) is 0 Å². The Morgan fingerprint density at radius 1 is 0.500 bits per heavy atom. The molecule has 11 aromatic rings. The summed E-state index contributed by atoms with van der Waals surface area (Å²) in [4.78, 5) is 103. The Balaban J connectivity index is 0.000000213. The molecule has 35 heteroatoms. The normalized spacial score (nSPS) is 11.2. The quantitative estimate of drug-likeness (QED) is 0.0258. The smallest absolute Gasteiger partial charge is 0.374 e. The zero-order chi connectivity index (χ0) is 73.3. The molecule has 0 amide bonds. The molecule has 526 valence electrons. The number of hydrogen-bond acceptors (Lipinski definition) is 30. The number of ether oxygens (including phenoxy) is 5. The van der Waals surface area contributed by atoms with E-state index in [1.165, 1.54) is 92.3 Å². The van der Waals surface area contributed by atoms with E-state index in [1.807, 2.05) is 63.2 Å². The zero-order valence-corrected chi connectivity index (χ0v) is 63.3. The molecule has 0 unspecified atom stereocenters. The van der Waals surface area contributed by atoms with Crippen LogP contribution in [-0.4, -0.2) is 114 Å². The standard InChI is InChI=1S/C12H9N3O4S2.C12H9NO5S.C11H11NO2S.C9H7NO2S.C7H4BrNOS.C5H5BrOS.C5H10O.C4H6O3/c1-7(16)8-4-9(15-21(17,18)14-8)11-2-3-12(20-11)10-5-13-6-19-10;1-17-12(16)8(15)4-7(14)10-2-3-11(19-10)9-5-13-6-18-9;1-3-13-8(2)10-4-5-11(15-10)9-6-12-7-14-9;1-6(11)8-2-3-9(13-8)7-4-10-5-12-7;8-7-2-1-6(11-7)5-3-9-4-10-5;1-7-5-3-2-4(6)8-5;1-4-6-5(2)3;1-3(5)4(6)7-2/h2-6,15H,1H3;2-3,5-6H,4H2,1H3;4-7H,2-3H2,1H3;2-5H,1H3;1-4H;2-3H,1H3;2,4H2,1,3H3;1-2H3.